The minimum absolute atomic E-state index is 0.657. The number of hydrogen-bond acceptors (Lipinski definition) is 1. The molecule has 0 saturated heterocycles. The van der Waals surface area contributed by atoms with Gasteiger partial charge in [-0.25, -0.2) is 4.79 Å². The number of rotatable bonds is 1. The SMILES string of the molecule is CN(C(=O)O)c1c[nH]c2cc(Br)ccc12. The molecule has 0 spiro atoms. The predicted octanol–water partition coefficient (Wildman–Crippen LogP) is 3.04. The molecule has 1 aromatic heterocycles. The second-order valence-corrected chi connectivity index (χ2v) is 4.12. The van der Waals surface area contributed by atoms with Gasteiger partial charge in [-0.2, -0.15) is 0 Å². The Morgan fingerprint density at radius 2 is 2.27 bits per heavy atom. The number of H-pyrrole nitrogens is 1. The van der Waals surface area contributed by atoms with Gasteiger partial charge in [-0.15, -0.1) is 0 Å². The van der Waals surface area contributed by atoms with Gasteiger partial charge >= 0.3 is 6.09 Å². The first-order valence-corrected chi connectivity index (χ1v) is 5.12. The number of nitrogens with zero attached hydrogens (tertiary/aromatic N) is 1. The monoisotopic (exact) mass is 268 g/mol. The van der Waals surface area contributed by atoms with Crippen molar-refractivity contribution in [1.82, 2.24) is 4.98 Å². The van der Waals surface area contributed by atoms with Crippen molar-refractivity contribution < 1.29 is 9.90 Å². The van der Waals surface area contributed by atoms with Crippen molar-refractivity contribution in [3.8, 4) is 0 Å². The van der Waals surface area contributed by atoms with E-state index in [1.165, 1.54) is 11.9 Å². The second kappa shape index (κ2) is 3.58. The lowest BCUT2D eigenvalue weighted by atomic mass is 10.2. The number of benzene rings is 1. The molecule has 0 aliphatic rings. The van der Waals surface area contributed by atoms with E-state index in [2.05, 4.69) is 20.9 Å². The molecular formula is C10H9BrN2O2. The van der Waals surface area contributed by atoms with Crippen LogP contribution in [0.1, 0.15) is 0 Å². The van der Waals surface area contributed by atoms with Gasteiger partial charge in [0.1, 0.15) is 0 Å². The molecule has 2 rings (SSSR count). The highest BCUT2D eigenvalue weighted by Gasteiger charge is 2.13. The summed E-state index contributed by atoms with van der Waals surface area (Å²) in [6.07, 6.45) is 0.712. The zero-order chi connectivity index (χ0) is 11.0. The van der Waals surface area contributed by atoms with E-state index in [1.54, 1.807) is 6.20 Å². The minimum Gasteiger partial charge on any atom is -0.465 e. The first-order valence-electron chi connectivity index (χ1n) is 4.33. The van der Waals surface area contributed by atoms with E-state index in [9.17, 15) is 4.79 Å². The standard InChI is InChI=1S/C10H9BrN2O2/c1-13(10(14)15)9-5-12-8-4-6(11)2-3-7(8)9/h2-5,12H,1H3,(H,14,15). The van der Waals surface area contributed by atoms with Crippen LogP contribution in [0.15, 0.2) is 28.9 Å². The summed E-state index contributed by atoms with van der Waals surface area (Å²) in [5.41, 5.74) is 1.57. The van der Waals surface area contributed by atoms with Crippen LogP contribution in [0.5, 0.6) is 0 Å². The Hall–Kier alpha value is -1.49. The van der Waals surface area contributed by atoms with Gasteiger partial charge in [0.25, 0.3) is 0 Å². The highest BCUT2D eigenvalue weighted by Crippen LogP contribution is 2.28. The van der Waals surface area contributed by atoms with Gasteiger partial charge in [0.15, 0.2) is 0 Å². The summed E-state index contributed by atoms with van der Waals surface area (Å²) in [7, 11) is 1.52. The molecule has 0 atom stereocenters. The lowest BCUT2D eigenvalue weighted by Crippen LogP contribution is -2.23. The van der Waals surface area contributed by atoms with Gasteiger partial charge < -0.3 is 10.1 Å². The number of carboxylic acid groups (broad SMARTS) is 1. The molecule has 1 heterocycles. The average Bonchev–Trinajstić information content (AvgIpc) is 2.59. The van der Waals surface area contributed by atoms with E-state index in [1.807, 2.05) is 18.2 Å². The maximum atomic E-state index is 10.8. The van der Waals surface area contributed by atoms with E-state index in [0.717, 1.165) is 15.4 Å². The predicted molar refractivity (Wildman–Crippen MR) is 62.4 cm³/mol. The Labute approximate surface area is 94.6 Å². The van der Waals surface area contributed by atoms with E-state index < -0.39 is 6.09 Å². The number of hydrogen-bond donors (Lipinski definition) is 2. The van der Waals surface area contributed by atoms with Crippen LogP contribution in [0.25, 0.3) is 10.9 Å². The van der Waals surface area contributed by atoms with Crippen LogP contribution in [0, 0.1) is 0 Å². The van der Waals surface area contributed by atoms with E-state index in [4.69, 9.17) is 5.11 Å². The summed E-state index contributed by atoms with van der Waals surface area (Å²) >= 11 is 3.36. The molecule has 0 unspecified atom stereocenters. The van der Waals surface area contributed by atoms with E-state index in [0.29, 0.717) is 5.69 Å². The molecule has 15 heavy (non-hydrogen) atoms. The number of amides is 1. The van der Waals surface area contributed by atoms with Crippen molar-refractivity contribution in [1.29, 1.82) is 0 Å². The molecule has 2 N–H and O–H groups in total. The fraction of sp³-hybridized carbons (Fsp3) is 0.100. The first kappa shape index (κ1) is 10.0. The van der Waals surface area contributed by atoms with Crippen molar-refractivity contribution in [2.24, 2.45) is 0 Å². The number of fused-ring (bicyclic) bond motifs is 1. The highest BCUT2D eigenvalue weighted by molar-refractivity contribution is 9.10. The van der Waals surface area contributed by atoms with Crippen molar-refractivity contribution in [2.75, 3.05) is 11.9 Å². The van der Waals surface area contributed by atoms with Crippen LogP contribution in [-0.2, 0) is 0 Å². The van der Waals surface area contributed by atoms with Gasteiger partial charge in [-0.1, -0.05) is 15.9 Å². The Balaban J connectivity index is 2.59. The Kier molecular flexibility index (Phi) is 2.40. The number of aromatic nitrogens is 1. The number of halogens is 1. The summed E-state index contributed by atoms with van der Waals surface area (Å²) < 4.78 is 0.960. The molecule has 0 aliphatic heterocycles. The molecule has 1 amide bonds. The van der Waals surface area contributed by atoms with E-state index >= 15 is 0 Å². The quantitative estimate of drug-likeness (QED) is 0.835. The van der Waals surface area contributed by atoms with Crippen LogP contribution >= 0.6 is 15.9 Å². The number of aromatic amines is 1. The van der Waals surface area contributed by atoms with Crippen molar-refractivity contribution in [3.63, 3.8) is 0 Å². The summed E-state index contributed by atoms with van der Waals surface area (Å²) in [5, 5.41) is 9.76. The van der Waals surface area contributed by atoms with Crippen molar-refractivity contribution in [2.45, 2.75) is 0 Å². The topological polar surface area (TPSA) is 56.3 Å². The molecule has 0 radical (unpaired) electrons. The fourth-order valence-corrected chi connectivity index (χ4v) is 1.82. The molecule has 78 valence electrons. The minimum atomic E-state index is -0.973. The molecule has 0 aliphatic carbocycles. The summed E-state index contributed by atoms with van der Waals surface area (Å²) in [6.45, 7) is 0. The van der Waals surface area contributed by atoms with Crippen LogP contribution in [0.3, 0.4) is 0 Å². The molecule has 1 aromatic carbocycles. The smallest absolute Gasteiger partial charge is 0.411 e. The van der Waals surface area contributed by atoms with Gasteiger partial charge in [-0.3, -0.25) is 4.90 Å². The lowest BCUT2D eigenvalue weighted by molar-refractivity contribution is 0.203. The molecule has 4 nitrogen and oxygen atoms in total. The molecule has 2 aromatic rings. The number of anilines is 1. The Morgan fingerprint density at radius 3 is 2.93 bits per heavy atom. The van der Waals surface area contributed by atoms with Crippen LogP contribution < -0.4 is 4.90 Å². The molecule has 5 heteroatoms. The van der Waals surface area contributed by atoms with Crippen molar-refractivity contribution >= 4 is 38.6 Å². The molecule has 0 fully saturated rings. The largest absolute Gasteiger partial charge is 0.465 e. The zero-order valence-corrected chi connectivity index (χ0v) is 9.58. The molecular weight excluding hydrogens is 260 g/mol. The fourth-order valence-electron chi connectivity index (χ4n) is 1.46. The third-order valence-electron chi connectivity index (χ3n) is 2.27. The summed E-state index contributed by atoms with van der Waals surface area (Å²) in [6, 6.07) is 5.68. The Bertz CT molecular complexity index is 521. The highest BCUT2D eigenvalue weighted by atomic mass is 79.9. The first-order chi connectivity index (χ1) is 7.09. The average molecular weight is 269 g/mol. The van der Waals surface area contributed by atoms with Gasteiger partial charge in [0, 0.05) is 28.6 Å². The molecule has 0 bridgehead atoms. The summed E-state index contributed by atoms with van der Waals surface area (Å²) in [5.74, 6) is 0. The van der Waals surface area contributed by atoms with Crippen LogP contribution in [-0.4, -0.2) is 23.2 Å². The van der Waals surface area contributed by atoms with Gasteiger partial charge in [-0.05, 0) is 18.2 Å². The maximum absolute atomic E-state index is 10.8. The van der Waals surface area contributed by atoms with E-state index in [-0.39, 0.29) is 0 Å². The van der Waals surface area contributed by atoms with Gasteiger partial charge in [0.05, 0.1) is 5.69 Å². The second-order valence-electron chi connectivity index (χ2n) is 3.21. The summed E-state index contributed by atoms with van der Waals surface area (Å²) in [4.78, 5) is 15.0. The Morgan fingerprint density at radius 1 is 1.53 bits per heavy atom. The van der Waals surface area contributed by atoms with Crippen LogP contribution in [0.4, 0.5) is 10.5 Å². The van der Waals surface area contributed by atoms with Crippen LogP contribution in [0.2, 0.25) is 0 Å². The number of nitrogens with one attached hydrogen (secondary N) is 1. The normalized spacial score (nSPS) is 10.5. The van der Waals surface area contributed by atoms with Crippen molar-refractivity contribution in [3.05, 3.63) is 28.9 Å². The zero-order valence-electron chi connectivity index (χ0n) is 7.99. The third kappa shape index (κ3) is 1.70. The lowest BCUT2D eigenvalue weighted by Gasteiger charge is -2.10. The maximum Gasteiger partial charge on any atom is 0.411 e. The number of carbonyl (C=O) groups is 1. The third-order valence-corrected chi connectivity index (χ3v) is 2.76. The molecule has 0 saturated carbocycles. The van der Waals surface area contributed by atoms with Gasteiger partial charge in [0.2, 0.25) is 0 Å².